The maximum Gasteiger partial charge on any atom is 0.0824 e. The zero-order valence-electron chi connectivity index (χ0n) is 11.1. The largest absolute Gasteiger partial charge is 0.374 e. The predicted octanol–water partition coefficient (Wildman–Crippen LogP) is 1.64. The Morgan fingerprint density at radius 3 is 3.17 bits per heavy atom. The number of rotatable bonds is 2. The lowest BCUT2D eigenvalue weighted by Crippen LogP contribution is -2.46. The molecule has 1 aromatic carbocycles. The van der Waals surface area contributed by atoms with Crippen LogP contribution >= 0.6 is 0 Å². The molecule has 0 radical (unpaired) electrons. The molecule has 1 saturated heterocycles. The van der Waals surface area contributed by atoms with E-state index in [4.69, 9.17) is 10.5 Å². The molecule has 1 fully saturated rings. The van der Waals surface area contributed by atoms with E-state index in [1.807, 2.05) is 0 Å². The van der Waals surface area contributed by atoms with Gasteiger partial charge in [-0.2, -0.15) is 0 Å². The molecular weight excluding hydrogens is 224 g/mol. The van der Waals surface area contributed by atoms with Crippen molar-refractivity contribution < 1.29 is 4.74 Å². The molecule has 0 saturated carbocycles. The van der Waals surface area contributed by atoms with Crippen LogP contribution in [0.1, 0.15) is 29.2 Å². The van der Waals surface area contributed by atoms with E-state index in [0.29, 0.717) is 12.6 Å². The first-order valence-electron chi connectivity index (χ1n) is 6.93. The molecule has 1 heterocycles. The van der Waals surface area contributed by atoms with Crippen LogP contribution < -0.4 is 5.73 Å². The topological polar surface area (TPSA) is 38.5 Å². The number of morpholine rings is 1. The van der Waals surface area contributed by atoms with Gasteiger partial charge >= 0.3 is 0 Å². The summed E-state index contributed by atoms with van der Waals surface area (Å²) < 4.78 is 5.66. The molecule has 2 atom stereocenters. The first-order valence-corrected chi connectivity index (χ1v) is 6.93. The molecule has 2 aliphatic rings. The molecule has 0 aromatic heterocycles. The third-order valence-electron chi connectivity index (χ3n) is 4.22. The summed E-state index contributed by atoms with van der Waals surface area (Å²) in [5.41, 5.74) is 10.2. The van der Waals surface area contributed by atoms with E-state index in [1.165, 1.54) is 29.5 Å². The number of hydrogen-bond donors (Lipinski definition) is 1. The Bertz CT molecular complexity index is 433. The molecular formula is C15H22N2O. The minimum Gasteiger partial charge on any atom is -0.374 e. The van der Waals surface area contributed by atoms with Crippen LogP contribution in [0.2, 0.25) is 0 Å². The Kier molecular flexibility index (Phi) is 3.37. The standard InChI is InChI=1S/C15H22N2O/c1-11-2-3-12-4-5-15(14(12)8-11)17-6-7-18-13(9-16)10-17/h2-3,8,13,15H,4-7,9-10,16H2,1H3. The second-order valence-electron chi connectivity index (χ2n) is 5.48. The van der Waals surface area contributed by atoms with Crippen molar-refractivity contribution in [1.82, 2.24) is 4.90 Å². The number of ether oxygens (including phenoxy) is 1. The van der Waals surface area contributed by atoms with Crippen LogP contribution in [0.25, 0.3) is 0 Å². The molecule has 3 heteroatoms. The van der Waals surface area contributed by atoms with Gasteiger partial charge in [-0.15, -0.1) is 0 Å². The maximum atomic E-state index is 5.73. The van der Waals surface area contributed by atoms with Gasteiger partial charge in [0.15, 0.2) is 0 Å². The van der Waals surface area contributed by atoms with Crippen molar-refractivity contribution in [3.8, 4) is 0 Å². The third-order valence-corrected chi connectivity index (χ3v) is 4.22. The van der Waals surface area contributed by atoms with Gasteiger partial charge in [0.1, 0.15) is 0 Å². The molecule has 2 N–H and O–H groups in total. The average molecular weight is 246 g/mol. The molecule has 0 amide bonds. The lowest BCUT2D eigenvalue weighted by Gasteiger charge is -2.36. The summed E-state index contributed by atoms with van der Waals surface area (Å²) >= 11 is 0. The van der Waals surface area contributed by atoms with Crippen molar-refractivity contribution in [2.45, 2.75) is 31.9 Å². The van der Waals surface area contributed by atoms with E-state index < -0.39 is 0 Å². The Hall–Kier alpha value is -0.900. The second kappa shape index (κ2) is 5.00. The van der Waals surface area contributed by atoms with E-state index >= 15 is 0 Å². The highest BCUT2D eigenvalue weighted by Crippen LogP contribution is 2.36. The molecule has 2 unspecified atom stereocenters. The molecule has 3 nitrogen and oxygen atoms in total. The molecule has 3 rings (SSSR count). The zero-order valence-corrected chi connectivity index (χ0v) is 11.1. The number of hydrogen-bond acceptors (Lipinski definition) is 3. The summed E-state index contributed by atoms with van der Waals surface area (Å²) in [7, 11) is 0. The van der Waals surface area contributed by atoms with Gasteiger partial charge in [0.25, 0.3) is 0 Å². The number of nitrogens with two attached hydrogens (primary N) is 1. The molecule has 0 bridgehead atoms. The van der Waals surface area contributed by atoms with Crippen molar-refractivity contribution in [3.05, 3.63) is 34.9 Å². The Morgan fingerprint density at radius 1 is 1.44 bits per heavy atom. The van der Waals surface area contributed by atoms with Gasteiger partial charge in [0, 0.05) is 25.7 Å². The fourth-order valence-electron chi connectivity index (χ4n) is 3.25. The highest BCUT2D eigenvalue weighted by atomic mass is 16.5. The summed E-state index contributed by atoms with van der Waals surface area (Å²) in [4.78, 5) is 2.56. The SMILES string of the molecule is Cc1ccc2c(c1)C(N1CCOC(CN)C1)CC2. The fourth-order valence-corrected chi connectivity index (χ4v) is 3.25. The van der Waals surface area contributed by atoms with Crippen molar-refractivity contribution >= 4 is 0 Å². The molecule has 1 aliphatic heterocycles. The highest BCUT2D eigenvalue weighted by Gasteiger charge is 2.31. The Labute approximate surface area is 109 Å². The molecule has 1 aromatic rings. The molecule has 98 valence electrons. The van der Waals surface area contributed by atoms with Gasteiger partial charge < -0.3 is 10.5 Å². The smallest absolute Gasteiger partial charge is 0.0824 e. The van der Waals surface area contributed by atoms with Gasteiger partial charge in [0.05, 0.1) is 12.7 Å². The van der Waals surface area contributed by atoms with Crippen LogP contribution in [-0.4, -0.2) is 37.2 Å². The first kappa shape index (κ1) is 12.2. The summed E-state index contributed by atoms with van der Waals surface area (Å²) in [6.07, 6.45) is 2.67. The van der Waals surface area contributed by atoms with E-state index in [9.17, 15) is 0 Å². The van der Waals surface area contributed by atoms with Gasteiger partial charge in [-0.25, -0.2) is 0 Å². The zero-order chi connectivity index (χ0) is 12.5. The summed E-state index contributed by atoms with van der Waals surface area (Å²) in [6.45, 7) is 5.64. The molecule has 0 spiro atoms. The van der Waals surface area contributed by atoms with Crippen LogP contribution in [-0.2, 0) is 11.2 Å². The minimum absolute atomic E-state index is 0.215. The van der Waals surface area contributed by atoms with E-state index in [2.05, 4.69) is 30.0 Å². The average Bonchev–Trinajstić information content (AvgIpc) is 2.81. The second-order valence-corrected chi connectivity index (χ2v) is 5.48. The minimum atomic E-state index is 0.215. The normalized spacial score (nSPS) is 28.3. The maximum absolute atomic E-state index is 5.73. The summed E-state index contributed by atoms with van der Waals surface area (Å²) in [6, 6.07) is 7.46. The lowest BCUT2D eigenvalue weighted by molar-refractivity contribution is -0.0387. The Morgan fingerprint density at radius 2 is 2.33 bits per heavy atom. The lowest BCUT2D eigenvalue weighted by atomic mass is 10.0. The van der Waals surface area contributed by atoms with Crippen molar-refractivity contribution in [2.75, 3.05) is 26.2 Å². The first-order chi connectivity index (χ1) is 8.78. The van der Waals surface area contributed by atoms with E-state index in [-0.39, 0.29) is 6.10 Å². The molecule has 1 aliphatic carbocycles. The van der Waals surface area contributed by atoms with E-state index in [1.54, 1.807) is 0 Å². The van der Waals surface area contributed by atoms with Crippen LogP contribution in [0, 0.1) is 6.92 Å². The Balaban J connectivity index is 1.81. The van der Waals surface area contributed by atoms with Crippen LogP contribution in [0.5, 0.6) is 0 Å². The van der Waals surface area contributed by atoms with Gasteiger partial charge in [-0.1, -0.05) is 23.8 Å². The van der Waals surface area contributed by atoms with Gasteiger partial charge in [0.2, 0.25) is 0 Å². The number of fused-ring (bicyclic) bond motifs is 1. The predicted molar refractivity (Wildman–Crippen MR) is 72.6 cm³/mol. The fraction of sp³-hybridized carbons (Fsp3) is 0.600. The van der Waals surface area contributed by atoms with E-state index in [0.717, 1.165) is 19.7 Å². The number of aryl methyl sites for hydroxylation is 2. The summed E-state index contributed by atoms with van der Waals surface area (Å²) in [5, 5.41) is 0. The quantitative estimate of drug-likeness (QED) is 0.862. The van der Waals surface area contributed by atoms with Crippen molar-refractivity contribution in [3.63, 3.8) is 0 Å². The van der Waals surface area contributed by atoms with Crippen LogP contribution in [0.4, 0.5) is 0 Å². The van der Waals surface area contributed by atoms with Crippen LogP contribution in [0.3, 0.4) is 0 Å². The van der Waals surface area contributed by atoms with Crippen molar-refractivity contribution in [1.29, 1.82) is 0 Å². The number of nitrogens with zero attached hydrogens (tertiary/aromatic N) is 1. The third kappa shape index (κ3) is 2.18. The highest BCUT2D eigenvalue weighted by molar-refractivity contribution is 5.37. The van der Waals surface area contributed by atoms with Crippen molar-refractivity contribution in [2.24, 2.45) is 5.73 Å². The molecule has 18 heavy (non-hydrogen) atoms. The van der Waals surface area contributed by atoms with Crippen LogP contribution in [0.15, 0.2) is 18.2 Å². The number of benzene rings is 1. The monoisotopic (exact) mass is 246 g/mol. The van der Waals surface area contributed by atoms with Gasteiger partial charge in [-0.05, 0) is 30.9 Å². The summed E-state index contributed by atoms with van der Waals surface area (Å²) in [5.74, 6) is 0. The van der Waals surface area contributed by atoms with Gasteiger partial charge in [-0.3, -0.25) is 4.90 Å².